The number of carbonyl (C=O) groups excluding carboxylic acids is 4. The Balaban J connectivity index is 1.30. The molecule has 2 aliphatic heterocycles. The summed E-state index contributed by atoms with van der Waals surface area (Å²) in [7, 11) is 0. The van der Waals surface area contributed by atoms with Crippen LogP contribution in [0, 0.1) is 5.82 Å². The Morgan fingerprint density at radius 3 is 2.83 bits per heavy atom. The highest BCUT2D eigenvalue weighted by Gasteiger charge is 2.39. The molecule has 1 saturated heterocycles. The van der Waals surface area contributed by atoms with Gasteiger partial charge in [-0.05, 0) is 36.8 Å². The quantitative estimate of drug-likeness (QED) is 0.521. The number of hydrogen-bond acceptors (Lipinski definition) is 6. The Hall–Kier alpha value is -4.12. The molecule has 2 aromatic carbocycles. The first-order valence-corrected chi connectivity index (χ1v) is 11.1. The highest BCUT2D eigenvalue weighted by Crippen LogP contribution is 2.32. The number of benzene rings is 2. The number of fused-ring (bicyclic) bond motifs is 1. The molecule has 1 unspecified atom stereocenters. The van der Waals surface area contributed by atoms with Crippen LogP contribution >= 0.6 is 11.6 Å². The number of anilines is 1. The molecule has 1 atom stereocenters. The molecule has 35 heavy (non-hydrogen) atoms. The highest BCUT2D eigenvalue weighted by atomic mass is 35.5. The van der Waals surface area contributed by atoms with E-state index in [1.165, 1.54) is 34.0 Å². The van der Waals surface area contributed by atoms with Crippen LogP contribution in [0.2, 0.25) is 5.02 Å². The second-order valence-corrected chi connectivity index (χ2v) is 8.64. The van der Waals surface area contributed by atoms with Gasteiger partial charge in [0.25, 0.3) is 5.91 Å². The molecule has 2 aliphatic rings. The number of aromatic nitrogens is 3. The van der Waals surface area contributed by atoms with Crippen molar-refractivity contribution >= 4 is 40.9 Å². The summed E-state index contributed by atoms with van der Waals surface area (Å²) in [6.45, 7) is -0.0813. The third-order valence-electron chi connectivity index (χ3n) is 5.90. The third kappa shape index (κ3) is 4.37. The number of halogens is 2. The Bertz CT molecular complexity index is 1390. The summed E-state index contributed by atoms with van der Waals surface area (Å²) in [5.41, 5.74) is 1.78. The minimum atomic E-state index is -0.753. The molecular weight excluding hydrogens is 479 g/mol. The molecule has 0 aliphatic carbocycles. The van der Waals surface area contributed by atoms with Gasteiger partial charge < -0.3 is 10.2 Å². The lowest BCUT2D eigenvalue weighted by atomic mass is 10.0. The maximum atomic E-state index is 14.1. The lowest BCUT2D eigenvalue weighted by Crippen LogP contribution is -2.52. The molecule has 0 saturated carbocycles. The first kappa shape index (κ1) is 22.7. The summed E-state index contributed by atoms with van der Waals surface area (Å²) >= 11 is 5.93. The summed E-state index contributed by atoms with van der Waals surface area (Å²) in [5, 5.41) is 13.2. The molecule has 10 nitrogen and oxygen atoms in total. The first-order chi connectivity index (χ1) is 16.8. The topological polar surface area (TPSA) is 126 Å². The fourth-order valence-electron chi connectivity index (χ4n) is 4.23. The van der Waals surface area contributed by atoms with Gasteiger partial charge in [-0.25, -0.2) is 9.07 Å². The molecule has 4 amide bonds. The molecule has 0 radical (unpaired) electrons. The number of amides is 4. The number of carbonyl (C=O) groups is 4. The van der Waals surface area contributed by atoms with E-state index in [9.17, 15) is 23.6 Å². The van der Waals surface area contributed by atoms with E-state index in [0.29, 0.717) is 21.8 Å². The SMILES string of the molecule is O=C1CCC(N2Cc3c(NC(=O)Cn4cc(-c5cc(Cl)ccc5F)nn4)cccc3C2=O)C(=O)N1. The highest BCUT2D eigenvalue weighted by molar-refractivity contribution is 6.30. The van der Waals surface area contributed by atoms with Crippen LogP contribution in [-0.2, 0) is 27.5 Å². The largest absolute Gasteiger partial charge is 0.324 e. The van der Waals surface area contributed by atoms with Crippen molar-refractivity contribution in [1.82, 2.24) is 25.2 Å². The summed E-state index contributed by atoms with van der Waals surface area (Å²) in [5.74, 6) is -2.16. The van der Waals surface area contributed by atoms with Crippen LogP contribution in [0.15, 0.2) is 42.6 Å². The van der Waals surface area contributed by atoms with Crippen molar-refractivity contribution < 1.29 is 23.6 Å². The van der Waals surface area contributed by atoms with Crippen molar-refractivity contribution in [2.24, 2.45) is 0 Å². The average Bonchev–Trinajstić information content (AvgIpc) is 3.41. The first-order valence-electron chi connectivity index (χ1n) is 10.7. The maximum Gasteiger partial charge on any atom is 0.255 e. The van der Waals surface area contributed by atoms with E-state index < -0.39 is 23.7 Å². The lowest BCUT2D eigenvalue weighted by Gasteiger charge is -2.29. The van der Waals surface area contributed by atoms with Crippen LogP contribution in [0.25, 0.3) is 11.3 Å². The molecule has 3 aromatic rings. The number of nitrogens with zero attached hydrogens (tertiary/aromatic N) is 4. The summed E-state index contributed by atoms with van der Waals surface area (Å²) in [6.07, 6.45) is 1.82. The molecule has 3 heterocycles. The number of imide groups is 1. The van der Waals surface area contributed by atoms with Gasteiger partial charge in [0, 0.05) is 40.4 Å². The van der Waals surface area contributed by atoms with Gasteiger partial charge in [0.2, 0.25) is 17.7 Å². The lowest BCUT2D eigenvalue weighted by molar-refractivity contribution is -0.137. The van der Waals surface area contributed by atoms with Crippen molar-refractivity contribution in [3.05, 3.63) is 64.6 Å². The molecule has 178 valence electrons. The van der Waals surface area contributed by atoms with Gasteiger partial charge in [0.05, 0.1) is 6.20 Å². The Morgan fingerprint density at radius 2 is 2.03 bits per heavy atom. The van der Waals surface area contributed by atoms with Crippen LogP contribution in [0.5, 0.6) is 0 Å². The molecule has 5 rings (SSSR count). The maximum absolute atomic E-state index is 14.1. The monoisotopic (exact) mass is 496 g/mol. The number of rotatable bonds is 5. The molecule has 0 bridgehead atoms. The van der Waals surface area contributed by atoms with E-state index in [1.807, 2.05) is 0 Å². The van der Waals surface area contributed by atoms with Gasteiger partial charge >= 0.3 is 0 Å². The minimum absolute atomic E-state index is 0.123. The number of piperidine rings is 1. The standard InChI is InChI=1S/C23H18ClFN6O4/c24-12-4-5-16(25)14(8-12)18-10-30(29-28-18)11-21(33)26-17-3-1-2-13-15(17)9-31(23(13)35)19-6-7-20(32)27-22(19)34/h1-5,8,10,19H,6-7,9,11H2,(H,26,33)(H,27,32,34). The number of nitrogens with one attached hydrogen (secondary N) is 2. The predicted octanol–water partition coefficient (Wildman–Crippen LogP) is 2.14. The molecule has 2 N–H and O–H groups in total. The Kier molecular flexibility index (Phi) is 5.77. The van der Waals surface area contributed by atoms with Gasteiger partial charge in [-0.1, -0.05) is 22.9 Å². The van der Waals surface area contributed by atoms with Gasteiger partial charge in [-0.3, -0.25) is 24.5 Å². The van der Waals surface area contributed by atoms with Crippen molar-refractivity contribution in [3.63, 3.8) is 0 Å². The zero-order valence-corrected chi connectivity index (χ0v) is 18.9. The summed E-state index contributed by atoms with van der Waals surface area (Å²) < 4.78 is 15.4. The summed E-state index contributed by atoms with van der Waals surface area (Å²) in [6, 6.07) is 8.23. The fourth-order valence-corrected chi connectivity index (χ4v) is 4.40. The van der Waals surface area contributed by atoms with Gasteiger partial charge in [0.1, 0.15) is 24.1 Å². The summed E-state index contributed by atoms with van der Waals surface area (Å²) in [4.78, 5) is 50.8. The number of hydrogen-bond donors (Lipinski definition) is 2. The van der Waals surface area contributed by atoms with E-state index in [4.69, 9.17) is 11.6 Å². The van der Waals surface area contributed by atoms with Crippen molar-refractivity contribution in [1.29, 1.82) is 0 Å². The van der Waals surface area contributed by atoms with Crippen molar-refractivity contribution in [2.75, 3.05) is 5.32 Å². The Labute approximate surface area is 203 Å². The van der Waals surface area contributed by atoms with Crippen molar-refractivity contribution in [2.45, 2.75) is 32.0 Å². The minimum Gasteiger partial charge on any atom is -0.324 e. The van der Waals surface area contributed by atoms with E-state index >= 15 is 0 Å². The molecular formula is C23H18ClFN6O4. The van der Waals surface area contributed by atoms with Gasteiger partial charge in [-0.15, -0.1) is 5.10 Å². The second kappa shape index (κ2) is 8.91. The zero-order chi connectivity index (χ0) is 24.7. The van der Waals surface area contributed by atoms with Gasteiger partial charge in [-0.2, -0.15) is 0 Å². The van der Waals surface area contributed by atoms with E-state index in [0.717, 1.165) is 0 Å². The molecule has 1 aromatic heterocycles. The average molecular weight is 497 g/mol. The third-order valence-corrected chi connectivity index (χ3v) is 6.14. The van der Waals surface area contributed by atoms with Crippen LogP contribution in [-0.4, -0.2) is 49.6 Å². The van der Waals surface area contributed by atoms with Crippen LogP contribution in [0.4, 0.5) is 10.1 Å². The second-order valence-electron chi connectivity index (χ2n) is 8.21. The van der Waals surface area contributed by atoms with E-state index in [-0.39, 0.29) is 49.0 Å². The molecule has 1 fully saturated rings. The Morgan fingerprint density at radius 1 is 1.20 bits per heavy atom. The zero-order valence-electron chi connectivity index (χ0n) is 18.1. The van der Waals surface area contributed by atoms with Gasteiger partial charge in [0.15, 0.2) is 0 Å². The van der Waals surface area contributed by atoms with E-state index in [2.05, 4.69) is 20.9 Å². The molecule has 0 spiro atoms. The van der Waals surface area contributed by atoms with Crippen LogP contribution in [0.3, 0.4) is 0 Å². The molecule has 12 heteroatoms. The van der Waals surface area contributed by atoms with Crippen LogP contribution in [0.1, 0.15) is 28.8 Å². The predicted molar refractivity (Wildman–Crippen MR) is 122 cm³/mol. The van der Waals surface area contributed by atoms with E-state index in [1.54, 1.807) is 18.2 Å². The smallest absolute Gasteiger partial charge is 0.255 e. The fraction of sp³-hybridized carbons (Fsp3) is 0.217. The van der Waals surface area contributed by atoms with Crippen molar-refractivity contribution in [3.8, 4) is 11.3 Å². The van der Waals surface area contributed by atoms with Crippen LogP contribution < -0.4 is 10.6 Å². The normalized spacial score (nSPS) is 17.4.